The number of hydrogen-bond donors (Lipinski definition) is 1. The van der Waals surface area contributed by atoms with Crippen molar-refractivity contribution in [3.8, 4) is 0 Å². The first-order chi connectivity index (χ1) is 8.35. The van der Waals surface area contributed by atoms with Gasteiger partial charge in [-0.05, 0) is 50.4 Å². The molecule has 2 nitrogen and oxygen atoms in total. The van der Waals surface area contributed by atoms with E-state index in [2.05, 4.69) is 27.7 Å². The van der Waals surface area contributed by atoms with Crippen LogP contribution in [0.3, 0.4) is 0 Å². The van der Waals surface area contributed by atoms with Crippen molar-refractivity contribution in [2.24, 2.45) is 11.3 Å². The molecule has 0 amide bonds. The molecule has 18 heavy (non-hydrogen) atoms. The van der Waals surface area contributed by atoms with Gasteiger partial charge in [-0.25, -0.2) is 0 Å². The van der Waals surface area contributed by atoms with Crippen molar-refractivity contribution in [2.45, 2.75) is 84.8 Å². The molecule has 108 valence electrons. The van der Waals surface area contributed by atoms with Gasteiger partial charge in [0, 0.05) is 6.61 Å². The van der Waals surface area contributed by atoms with Crippen LogP contribution in [-0.2, 0) is 4.74 Å². The SMILES string of the molecule is CCOC1(C(O)CC(C)CC)CCC(C)(C)CC1. The van der Waals surface area contributed by atoms with Gasteiger partial charge >= 0.3 is 0 Å². The first kappa shape index (κ1) is 16.0. The lowest BCUT2D eigenvalue weighted by molar-refractivity contribution is -0.156. The van der Waals surface area contributed by atoms with E-state index in [1.54, 1.807) is 0 Å². The van der Waals surface area contributed by atoms with Crippen LogP contribution < -0.4 is 0 Å². The zero-order valence-electron chi connectivity index (χ0n) is 13.0. The number of rotatable bonds is 6. The summed E-state index contributed by atoms with van der Waals surface area (Å²) in [5, 5.41) is 10.6. The van der Waals surface area contributed by atoms with E-state index >= 15 is 0 Å². The van der Waals surface area contributed by atoms with Crippen molar-refractivity contribution in [1.82, 2.24) is 0 Å². The minimum Gasteiger partial charge on any atom is -0.390 e. The van der Waals surface area contributed by atoms with E-state index in [0.29, 0.717) is 17.9 Å². The Labute approximate surface area is 113 Å². The second-order valence-electron chi connectivity index (χ2n) is 6.93. The summed E-state index contributed by atoms with van der Waals surface area (Å²) in [6.07, 6.45) is 6.02. The number of aliphatic hydroxyl groups excluding tert-OH is 1. The van der Waals surface area contributed by atoms with E-state index in [1.807, 2.05) is 6.92 Å². The van der Waals surface area contributed by atoms with Crippen LogP contribution in [-0.4, -0.2) is 23.4 Å². The molecule has 1 aliphatic rings. The average molecular weight is 256 g/mol. The Kier molecular flexibility index (Phi) is 5.67. The fraction of sp³-hybridized carbons (Fsp3) is 1.00. The summed E-state index contributed by atoms with van der Waals surface area (Å²) in [4.78, 5) is 0. The summed E-state index contributed by atoms with van der Waals surface area (Å²) >= 11 is 0. The van der Waals surface area contributed by atoms with Crippen molar-refractivity contribution < 1.29 is 9.84 Å². The second kappa shape index (κ2) is 6.38. The van der Waals surface area contributed by atoms with Crippen molar-refractivity contribution in [2.75, 3.05) is 6.61 Å². The highest BCUT2D eigenvalue weighted by atomic mass is 16.5. The molecule has 2 heteroatoms. The molecule has 0 aromatic carbocycles. The standard InChI is InChI=1S/C16H32O2/c1-6-13(3)12-14(17)16(18-7-2)10-8-15(4,5)9-11-16/h13-14,17H,6-12H2,1-5H3. The first-order valence-corrected chi connectivity index (χ1v) is 7.67. The maximum absolute atomic E-state index is 10.6. The molecule has 0 heterocycles. The van der Waals surface area contributed by atoms with Gasteiger partial charge in [-0.15, -0.1) is 0 Å². The van der Waals surface area contributed by atoms with Gasteiger partial charge in [-0.2, -0.15) is 0 Å². The minimum atomic E-state index is -0.302. The Balaban J connectivity index is 2.69. The van der Waals surface area contributed by atoms with Gasteiger partial charge in [0.25, 0.3) is 0 Å². The summed E-state index contributed by atoms with van der Waals surface area (Å²) in [7, 11) is 0. The first-order valence-electron chi connectivity index (χ1n) is 7.67. The Morgan fingerprint density at radius 3 is 2.11 bits per heavy atom. The van der Waals surface area contributed by atoms with Gasteiger partial charge in [0.05, 0.1) is 11.7 Å². The second-order valence-corrected chi connectivity index (χ2v) is 6.93. The van der Waals surface area contributed by atoms with Crippen molar-refractivity contribution in [1.29, 1.82) is 0 Å². The van der Waals surface area contributed by atoms with Crippen LogP contribution >= 0.6 is 0 Å². The van der Waals surface area contributed by atoms with Crippen molar-refractivity contribution in [3.05, 3.63) is 0 Å². The van der Waals surface area contributed by atoms with Crippen LogP contribution in [0.5, 0.6) is 0 Å². The number of aliphatic hydroxyl groups is 1. The molecular formula is C16H32O2. The highest BCUT2D eigenvalue weighted by Crippen LogP contribution is 2.44. The fourth-order valence-corrected chi connectivity index (χ4v) is 2.97. The molecule has 1 aliphatic carbocycles. The predicted octanol–water partition coefficient (Wildman–Crippen LogP) is 4.16. The summed E-state index contributed by atoms with van der Waals surface area (Å²) in [5.74, 6) is 0.576. The molecule has 0 saturated heterocycles. The summed E-state index contributed by atoms with van der Waals surface area (Å²) in [6, 6.07) is 0. The van der Waals surface area contributed by atoms with Gasteiger partial charge in [0.2, 0.25) is 0 Å². The molecule has 2 unspecified atom stereocenters. The van der Waals surface area contributed by atoms with E-state index in [4.69, 9.17) is 4.74 Å². The lowest BCUT2D eigenvalue weighted by Crippen LogP contribution is -2.49. The Morgan fingerprint density at radius 1 is 1.11 bits per heavy atom. The smallest absolute Gasteiger partial charge is 0.0940 e. The molecule has 0 aromatic heterocycles. The average Bonchev–Trinajstić information content (AvgIpc) is 2.32. The maximum atomic E-state index is 10.6. The van der Waals surface area contributed by atoms with Gasteiger partial charge in [-0.3, -0.25) is 0 Å². The lowest BCUT2D eigenvalue weighted by Gasteiger charge is -2.46. The molecule has 1 rings (SSSR count). The molecule has 0 spiro atoms. The summed E-state index contributed by atoms with van der Waals surface area (Å²) in [5.41, 5.74) is 0.143. The van der Waals surface area contributed by atoms with E-state index in [-0.39, 0.29) is 11.7 Å². The van der Waals surface area contributed by atoms with Crippen LogP contribution in [0.2, 0.25) is 0 Å². The quantitative estimate of drug-likeness (QED) is 0.773. The topological polar surface area (TPSA) is 29.5 Å². The molecule has 0 bridgehead atoms. The zero-order valence-corrected chi connectivity index (χ0v) is 13.0. The van der Waals surface area contributed by atoms with E-state index in [0.717, 1.165) is 38.5 Å². The van der Waals surface area contributed by atoms with Crippen molar-refractivity contribution >= 4 is 0 Å². The molecule has 0 aliphatic heterocycles. The molecule has 2 atom stereocenters. The Morgan fingerprint density at radius 2 is 1.67 bits per heavy atom. The van der Waals surface area contributed by atoms with Crippen molar-refractivity contribution in [3.63, 3.8) is 0 Å². The third-order valence-corrected chi connectivity index (χ3v) is 4.81. The van der Waals surface area contributed by atoms with Crippen LogP contribution in [0.15, 0.2) is 0 Å². The predicted molar refractivity (Wildman–Crippen MR) is 76.7 cm³/mol. The Bertz CT molecular complexity index is 237. The highest BCUT2D eigenvalue weighted by molar-refractivity contribution is 4.96. The maximum Gasteiger partial charge on any atom is 0.0940 e. The monoisotopic (exact) mass is 256 g/mol. The van der Waals surface area contributed by atoms with E-state index < -0.39 is 0 Å². The van der Waals surface area contributed by atoms with Gasteiger partial charge < -0.3 is 9.84 Å². The van der Waals surface area contributed by atoms with Crippen LogP contribution in [0.4, 0.5) is 0 Å². The third kappa shape index (κ3) is 3.96. The molecular weight excluding hydrogens is 224 g/mol. The Hall–Kier alpha value is -0.0800. The minimum absolute atomic E-state index is 0.270. The zero-order chi connectivity index (χ0) is 13.8. The van der Waals surface area contributed by atoms with Crippen LogP contribution in [0, 0.1) is 11.3 Å². The molecule has 1 fully saturated rings. The van der Waals surface area contributed by atoms with Crippen LogP contribution in [0.25, 0.3) is 0 Å². The molecule has 1 saturated carbocycles. The normalized spacial score (nSPS) is 25.7. The lowest BCUT2D eigenvalue weighted by atomic mass is 9.68. The van der Waals surface area contributed by atoms with E-state index in [9.17, 15) is 5.11 Å². The highest BCUT2D eigenvalue weighted by Gasteiger charge is 2.44. The largest absolute Gasteiger partial charge is 0.390 e. The van der Waals surface area contributed by atoms with Gasteiger partial charge in [0.1, 0.15) is 0 Å². The van der Waals surface area contributed by atoms with Gasteiger partial charge in [-0.1, -0.05) is 34.1 Å². The molecule has 0 aromatic rings. The number of hydrogen-bond acceptors (Lipinski definition) is 2. The summed E-state index contributed by atoms with van der Waals surface area (Å²) < 4.78 is 6.02. The van der Waals surface area contributed by atoms with Gasteiger partial charge in [0.15, 0.2) is 0 Å². The molecule has 0 radical (unpaired) electrons. The van der Waals surface area contributed by atoms with Crippen LogP contribution in [0.1, 0.15) is 73.1 Å². The fourth-order valence-electron chi connectivity index (χ4n) is 2.97. The van der Waals surface area contributed by atoms with E-state index in [1.165, 1.54) is 0 Å². The summed E-state index contributed by atoms with van der Waals surface area (Å²) in [6.45, 7) is 11.8. The molecule has 1 N–H and O–H groups in total. The third-order valence-electron chi connectivity index (χ3n) is 4.81. The number of ether oxygens (including phenoxy) is 1.